The second kappa shape index (κ2) is 7.20. The number of anilines is 1. The Kier molecular flexibility index (Phi) is 5.02. The molecule has 24 heavy (non-hydrogen) atoms. The second-order valence-corrected chi connectivity index (χ2v) is 6.75. The van der Waals surface area contributed by atoms with Gasteiger partial charge in [0.1, 0.15) is 0 Å². The molecule has 0 unspecified atom stereocenters. The van der Waals surface area contributed by atoms with Gasteiger partial charge in [-0.3, -0.25) is 9.79 Å². The van der Waals surface area contributed by atoms with E-state index in [4.69, 9.17) is 5.73 Å². The lowest BCUT2D eigenvalue weighted by Crippen LogP contribution is -2.52. The molecule has 130 valence electrons. The molecular formula is C18H25FN4O. The largest absolute Gasteiger partial charge is 0.390 e. The summed E-state index contributed by atoms with van der Waals surface area (Å²) in [6.07, 6.45) is 3.33. The van der Waals surface area contributed by atoms with Crippen LogP contribution in [0.1, 0.15) is 25.3 Å². The first-order chi connectivity index (χ1) is 11.6. The molecule has 2 N–H and O–H groups in total. The molecule has 6 heteroatoms. The minimum absolute atomic E-state index is 0.169. The van der Waals surface area contributed by atoms with Gasteiger partial charge in [0.15, 0.2) is 5.82 Å². The summed E-state index contributed by atoms with van der Waals surface area (Å²) >= 11 is 0. The van der Waals surface area contributed by atoms with E-state index in [2.05, 4.69) is 9.89 Å². The SMILES string of the molecule is CC(=O)N1CCC(C2CN(c3cccc(CN=CN)c3F)C2)CC1. The van der Waals surface area contributed by atoms with Crippen LogP contribution in [0.3, 0.4) is 0 Å². The number of benzene rings is 1. The topological polar surface area (TPSA) is 61.9 Å². The van der Waals surface area contributed by atoms with E-state index in [1.54, 1.807) is 13.0 Å². The zero-order valence-corrected chi connectivity index (χ0v) is 14.1. The minimum Gasteiger partial charge on any atom is -0.390 e. The maximum atomic E-state index is 14.6. The van der Waals surface area contributed by atoms with Crippen LogP contribution in [0.25, 0.3) is 0 Å². The van der Waals surface area contributed by atoms with E-state index in [1.165, 1.54) is 6.34 Å². The highest BCUT2D eigenvalue weighted by Crippen LogP contribution is 2.36. The van der Waals surface area contributed by atoms with E-state index < -0.39 is 0 Å². The van der Waals surface area contributed by atoms with Crippen molar-refractivity contribution in [2.45, 2.75) is 26.3 Å². The molecule has 5 nitrogen and oxygen atoms in total. The zero-order valence-electron chi connectivity index (χ0n) is 14.1. The first kappa shape index (κ1) is 16.7. The summed E-state index contributed by atoms with van der Waals surface area (Å²) in [5.74, 6) is 1.23. The highest BCUT2D eigenvalue weighted by atomic mass is 19.1. The highest BCUT2D eigenvalue weighted by Gasteiger charge is 2.36. The molecule has 1 aromatic carbocycles. The van der Waals surface area contributed by atoms with Gasteiger partial charge < -0.3 is 15.5 Å². The average Bonchev–Trinajstić information content (AvgIpc) is 2.54. The van der Waals surface area contributed by atoms with E-state index in [0.29, 0.717) is 23.1 Å². The Morgan fingerprint density at radius 3 is 2.67 bits per heavy atom. The Labute approximate surface area is 142 Å². The smallest absolute Gasteiger partial charge is 0.219 e. The van der Waals surface area contributed by atoms with Crippen LogP contribution in [0.4, 0.5) is 10.1 Å². The van der Waals surface area contributed by atoms with Crippen LogP contribution in [0.2, 0.25) is 0 Å². The van der Waals surface area contributed by atoms with Crippen LogP contribution in [0.15, 0.2) is 23.2 Å². The Hall–Kier alpha value is -2.11. The summed E-state index contributed by atoms with van der Waals surface area (Å²) in [7, 11) is 0. The number of hydrogen-bond donors (Lipinski definition) is 1. The first-order valence-electron chi connectivity index (χ1n) is 8.58. The van der Waals surface area contributed by atoms with Crippen molar-refractivity contribution in [1.82, 2.24) is 4.90 Å². The van der Waals surface area contributed by atoms with E-state index in [9.17, 15) is 9.18 Å². The number of rotatable bonds is 4. The van der Waals surface area contributed by atoms with Gasteiger partial charge in [-0.05, 0) is 30.7 Å². The quantitative estimate of drug-likeness (QED) is 0.678. The maximum Gasteiger partial charge on any atom is 0.219 e. The lowest BCUT2D eigenvalue weighted by atomic mass is 9.79. The molecular weight excluding hydrogens is 307 g/mol. The molecule has 2 saturated heterocycles. The molecule has 1 amide bonds. The molecule has 2 aliphatic rings. The van der Waals surface area contributed by atoms with Crippen molar-refractivity contribution in [3.05, 3.63) is 29.6 Å². The van der Waals surface area contributed by atoms with Crippen LogP contribution < -0.4 is 10.6 Å². The van der Waals surface area contributed by atoms with Crippen LogP contribution >= 0.6 is 0 Å². The average molecular weight is 332 g/mol. The number of amides is 1. The van der Waals surface area contributed by atoms with Crippen LogP contribution in [0, 0.1) is 17.7 Å². The number of halogens is 1. The third-order valence-corrected chi connectivity index (χ3v) is 5.33. The van der Waals surface area contributed by atoms with Gasteiger partial charge in [-0.2, -0.15) is 0 Å². The van der Waals surface area contributed by atoms with E-state index in [1.807, 2.05) is 17.0 Å². The number of nitrogens with zero attached hydrogens (tertiary/aromatic N) is 3. The van der Waals surface area contributed by atoms with Crippen molar-refractivity contribution in [1.29, 1.82) is 0 Å². The summed E-state index contributed by atoms with van der Waals surface area (Å²) in [6.45, 7) is 5.41. The predicted octanol–water partition coefficient (Wildman–Crippen LogP) is 2.01. The normalized spacial score (nSPS) is 19.8. The maximum absolute atomic E-state index is 14.6. The van der Waals surface area contributed by atoms with Crippen molar-refractivity contribution < 1.29 is 9.18 Å². The summed E-state index contributed by atoms with van der Waals surface area (Å²) in [6, 6.07) is 5.46. The molecule has 0 atom stereocenters. The fraction of sp³-hybridized carbons (Fsp3) is 0.556. The number of aliphatic imine (C=N–C) groups is 1. The van der Waals surface area contributed by atoms with Gasteiger partial charge in [-0.15, -0.1) is 0 Å². The molecule has 2 heterocycles. The third kappa shape index (κ3) is 3.37. The Balaban J connectivity index is 1.56. The van der Waals surface area contributed by atoms with Crippen molar-refractivity contribution in [3.8, 4) is 0 Å². The van der Waals surface area contributed by atoms with Crippen LogP contribution in [-0.4, -0.2) is 43.3 Å². The molecule has 2 aliphatic heterocycles. The van der Waals surface area contributed by atoms with Gasteiger partial charge in [-0.25, -0.2) is 4.39 Å². The fourth-order valence-electron chi connectivity index (χ4n) is 3.78. The van der Waals surface area contributed by atoms with Gasteiger partial charge in [0.25, 0.3) is 0 Å². The van der Waals surface area contributed by atoms with E-state index in [0.717, 1.165) is 39.0 Å². The lowest BCUT2D eigenvalue weighted by molar-refractivity contribution is -0.130. The standard InChI is InChI=1S/C18H25FN4O/c1-13(24)22-7-5-14(6-8-22)16-10-23(11-16)17-4-2-3-15(18(17)19)9-21-12-20/h2-4,12,14,16H,5-11H2,1H3,(H2,20,21). The van der Waals surface area contributed by atoms with Crippen LogP contribution in [-0.2, 0) is 11.3 Å². The lowest BCUT2D eigenvalue weighted by Gasteiger charge is -2.47. The number of nitrogens with two attached hydrogens (primary N) is 1. The highest BCUT2D eigenvalue weighted by molar-refractivity contribution is 5.73. The number of piperidine rings is 1. The molecule has 0 spiro atoms. The van der Waals surface area contributed by atoms with Gasteiger partial charge in [0.2, 0.25) is 5.91 Å². The molecule has 3 rings (SSSR count). The first-order valence-corrected chi connectivity index (χ1v) is 8.58. The number of likely N-dealkylation sites (tertiary alicyclic amines) is 1. The summed E-state index contributed by atoms with van der Waals surface area (Å²) in [5, 5.41) is 0. The van der Waals surface area contributed by atoms with E-state index >= 15 is 0 Å². The monoisotopic (exact) mass is 332 g/mol. The summed E-state index contributed by atoms with van der Waals surface area (Å²) in [5.41, 5.74) is 6.48. The van der Waals surface area contributed by atoms with Gasteiger partial charge >= 0.3 is 0 Å². The van der Waals surface area contributed by atoms with Crippen molar-refractivity contribution in [2.24, 2.45) is 22.6 Å². The molecule has 0 aromatic heterocycles. The molecule has 1 aromatic rings. The molecule has 0 radical (unpaired) electrons. The zero-order chi connectivity index (χ0) is 17.1. The Bertz CT molecular complexity index is 619. The summed E-state index contributed by atoms with van der Waals surface area (Å²) in [4.78, 5) is 19.3. The summed E-state index contributed by atoms with van der Waals surface area (Å²) < 4.78 is 14.6. The molecule has 0 saturated carbocycles. The van der Waals surface area contributed by atoms with E-state index in [-0.39, 0.29) is 18.3 Å². The Morgan fingerprint density at radius 1 is 1.33 bits per heavy atom. The molecule has 0 bridgehead atoms. The molecule has 0 aliphatic carbocycles. The number of carbonyl (C=O) groups is 1. The third-order valence-electron chi connectivity index (χ3n) is 5.33. The van der Waals surface area contributed by atoms with Crippen molar-refractivity contribution in [2.75, 3.05) is 31.1 Å². The van der Waals surface area contributed by atoms with Gasteiger partial charge in [0.05, 0.1) is 18.6 Å². The van der Waals surface area contributed by atoms with Crippen molar-refractivity contribution >= 4 is 17.9 Å². The van der Waals surface area contributed by atoms with Crippen molar-refractivity contribution in [3.63, 3.8) is 0 Å². The van der Waals surface area contributed by atoms with Gasteiger partial charge in [-0.1, -0.05) is 12.1 Å². The van der Waals surface area contributed by atoms with Gasteiger partial charge in [0, 0.05) is 38.7 Å². The van der Waals surface area contributed by atoms with Crippen LogP contribution in [0.5, 0.6) is 0 Å². The molecule has 2 fully saturated rings. The minimum atomic E-state index is -0.187. The predicted molar refractivity (Wildman–Crippen MR) is 93.5 cm³/mol. The Morgan fingerprint density at radius 2 is 2.04 bits per heavy atom. The number of carbonyl (C=O) groups excluding carboxylic acids is 1. The second-order valence-electron chi connectivity index (χ2n) is 6.75. The number of hydrogen-bond acceptors (Lipinski definition) is 3. The fourth-order valence-corrected chi connectivity index (χ4v) is 3.78.